The van der Waals surface area contributed by atoms with E-state index in [0.717, 1.165) is 35.5 Å². The van der Waals surface area contributed by atoms with Crippen LogP contribution in [0.5, 0.6) is 0 Å². The minimum Gasteiger partial charge on any atom is -0.195 e. The number of unbranched alkanes of at least 4 members (excludes halogenated alkanes) is 1. The van der Waals surface area contributed by atoms with Gasteiger partial charge in [0.25, 0.3) is 10.2 Å². The highest BCUT2D eigenvalue weighted by molar-refractivity contribution is 7.99. The van der Waals surface area contributed by atoms with Crippen molar-refractivity contribution in [1.29, 1.82) is 0 Å². The SMILES string of the molecule is CCCCN(C)S(=O)(=O)N[C@@H]1CCSc2ccc(Cl)cc21. The maximum Gasteiger partial charge on any atom is 0.279 e. The van der Waals surface area contributed by atoms with Crippen molar-refractivity contribution >= 4 is 33.6 Å². The Kier molecular flexibility index (Phi) is 5.96. The molecule has 1 aliphatic heterocycles. The van der Waals surface area contributed by atoms with E-state index in [4.69, 9.17) is 11.6 Å². The molecule has 0 saturated heterocycles. The van der Waals surface area contributed by atoms with Gasteiger partial charge in [0.1, 0.15) is 0 Å². The molecule has 0 spiro atoms. The summed E-state index contributed by atoms with van der Waals surface area (Å²) in [5.74, 6) is 0.903. The molecule has 0 radical (unpaired) electrons. The predicted octanol–water partition coefficient (Wildman–Crippen LogP) is 3.44. The van der Waals surface area contributed by atoms with Crippen LogP contribution in [0.15, 0.2) is 23.1 Å². The van der Waals surface area contributed by atoms with Gasteiger partial charge in [-0.1, -0.05) is 24.9 Å². The maximum atomic E-state index is 12.4. The molecule has 0 aromatic heterocycles. The van der Waals surface area contributed by atoms with Crippen LogP contribution in [0.4, 0.5) is 0 Å². The number of fused-ring (bicyclic) bond motifs is 1. The molecule has 1 N–H and O–H groups in total. The van der Waals surface area contributed by atoms with E-state index in [2.05, 4.69) is 4.72 Å². The highest BCUT2D eigenvalue weighted by atomic mass is 35.5. The number of hydrogen-bond acceptors (Lipinski definition) is 3. The summed E-state index contributed by atoms with van der Waals surface area (Å²) in [4.78, 5) is 1.11. The van der Waals surface area contributed by atoms with Crippen LogP contribution in [-0.4, -0.2) is 32.1 Å². The van der Waals surface area contributed by atoms with Gasteiger partial charge in [0.05, 0.1) is 0 Å². The number of hydrogen-bond donors (Lipinski definition) is 1. The van der Waals surface area contributed by atoms with Crippen molar-refractivity contribution in [1.82, 2.24) is 9.03 Å². The Morgan fingerprint density at radius 1 is 1.48 bits per heavy atom. The highest BCUT2D eigenvalue weighted by Gasteiger charge is 2.27. The predicted molar refractivity (Wildman–Crippen MR) is 89.1 cm³/mol. The third-order valence-corrected chi connectivity index (χ3v) is 6.48. The lowest BCUT2D eigenvalue weighted by Crippen LogP contribution is -2.41. The molecule has 0 saturated carbocycles. The van der Waals surface area contributed by atoms with Crippen LogP contribution in [0.2, 0.25) is 5.02 Å². The molecule has 2 rings (SSSR count). The van der Waals surface area contributed by atoms with Gasteiger partial charge in [0.15, 0.2) is 0 Å². The summed E-state index contributed by atoms with van der Waals surface area (Å²) < 4.78 is 29.0. The number of benzene rings is 1. The lowest BCUT2D eigenvalue weighted by molar-refractivity contribution is 0.436. The Morgan fingerprint density at radius 3 is 2.95 bits per heavy atom. The Morgan fingerprint density at radius 2 is 2.24 bits per heavy atom. The molecule has 0 amide bonds. The fourth-order valence-corrected chi connectivity index (χ4v) is 4.70. The average Bonchev–Trinajstić information content (AvgIpc) is 2.45. The first-order chi connectivity index (χ1) is 9.94. The van der Waals surface area contributed by atoms with E-state index in [9.17, 15) is 8.42 Å². The molecule has 1 aromatic rings. The van der Waals surface area contributed by atoms with Crippen LogP contribution in [0.3, 0.4) is 0 Å². The summed E-state index contributed by atoms with van der Waals surface area (Å²) in [5.41, 5.74) is 0.978. The molecule has 1 aliphatic rings. The van der Waals surface area contributed by atoms with E-state index < -0.39 is 10.2 Å². The van der Waals surface area contributed by atoms with Crippen molar-refractivity contribution in [3.8, 4) is 0 Å². The monoisotopic (exact) mass is 348 g/mol. The number of halogens is 1. The van der Waals surface area contributed by atoms with Gasteiger partial charge in [0, 0.05) is 29.6 Å². The second-order valence-corrected chi connectivity index (χ2v) is 8.55. The molecule has 1 aromatic carbocycles. The molecule has 118 valence electrons. The molecule has 21 heavy (non-hydrogen) atoms. The van der Waals surface area contributed by atoms with Gasteiger partial charge in [0.2, 0.25) is 0 Å². The van der Waals surface area contributed by atoms with Crippen LogP contribution >= 0.6 is 23.4 Å². The Bertz CT molecular complexity index is 593. The number of thioether (sulfide) groups is 1. The van der Waals surface area contributed by atoms with E-state index in [0.29, 0.717) is 11.6 Å². The lowest BCUT2D eigenvalue weighted by atomic mass is 10.1. The van der Waals surface area contributed by atoms with E-state index in [-0.39, 0.29) is 6.04 Å². The zero-order valence-electron chi connectivity index (χ0n) is 12.3. The summed E-state index contributed by atoms with van der Waals surface area (Å²) in [6.07, 6.45) is 2.61. The molecule has 7 heteroatoms. The largest absolute Gasteiger partial charge is 0.279 e. The van der Waals surface area contributed by atoms with Crippen molar-refractivity contribution in [2.45, 2.75) is 37.1 Å². The van der Waals surface area contributed by atoms with Crippen molar-refractivity contribution in [3.63, 3.8) is 0 Å². The second-order valence-electron chi connectivity index (χ2n) is 5.17. The number of nitrogens with one attached hydrogen (secondary N) is 1. The summed E-state index contributed by atoms with van der Waals surface area (Å²) in [6.45, 7) is 2.58. The number of rotatable bonds is 6. The van der Waals surface area contributed by atoms with Crippen LogP contribution in [-0.2, 0) is 10.2 Å². The summed E-state index contributed by atoms with van der Waals surface area (Å²) in [5, 5.41) is 0.639. The van der Waals surface area contributed by atoms with Gasteiger partial charge in [-0.05, 0) is 42.4 Å². The van der Waals surface area contributed by atoms with Crippen LogP contribution in [0, 0.1) is 0 Å². The summed E-state index contributed by atoms with van der Waals surface area (Å²) >= 11 is 7.79. The van der Waals surface area contributed by atoms with Gasteiger partial charge in [-0.3, -0.25) is 0 Å². The van der Waals surface area contributed by atoms with E-state index in [1.165, 1.54) is 4.31 Å². The van der Waals surface area contributed by atoms with Crippen LogP contribution in [0.25, 0.3) is 0 Å². The zero-order valence-corrected chi connectivity index (χ0v) is 14.7. The van der Waals surface area contributed by atoms with Crippen LogP contribution in [0.1, 0.15) is 37.8 Å². The smallest absolute Gasteiger partial charge is 0.195 e. The Hall–Kier alpha value is -0.270. The molecule has 0 bridgehead atoms. The van der Waals surface area contributed by atoms with Crippen molar-refractivity contribution in [3.05, 3.63) is 28.8 Å². The van der Waals surface area contributed by atoms with Gasteiger partial charge >= 0.3 is 0 Å². The quantitative estimate of drug-likeness (QED) is 0.856. The minimum atomic E-state index is -3.46. The lowest BCUT2D eigenvalue weighted by Gasteiger charge is -2.28. The molecule has 4 nitrogen and oxygen atoms in total. The molecule has 0 fully saturated rings. The zero-order chi connectivity index (χ0) is 15.5. The average molecular weight is 349 g/mol. The third-order valence-electron chi connectivity index (χ3n) is 3.54. The number of nitrogens with zero attached hydrogens (tertiary/aromatic N) is 1. The van der Waals surface area contributed by atoms with E-state index in [1.54, 1.807) is 18.8 Å². The van der Waals surface area contributed by atoms with Crippen LogP contribution < -0.4 is 4.72 Å². The van der Waals surface area contributed by atoms with Gasteiger partial charge in [-0.2, -0.15) is 17.4 Å². The molecular formula is C14H21ClN2O2S2. The fourth-order valence-electron chi connectivity index (χ4n) is 2.26. The van der Waals surface area contributed by atoms with Crippen molar-refractivity contribution < 1.29 is 8.42 Å². The first-order valence-corrected chi connectivity index (χ1v) is 9.90. The topological polar surface area (TPSA) is 49.4 Å². The van der Waals surface area contributed by atoms with Crippen molar-refractivity contribution in [2.75, 3.05) is 19.3 Å². The second kappa shape index (κ2) is 7.33. The minimum absolute atomic E-state index is 0.200. The normalized spacial score (nSPS) is 18.8. The van der Waals surface area contributed by atoms with Gasteiger partial charge in [-0.25, -0.2) is 0 Å². The third kappa shape index (κ3) is 4.36. The Balaban J connectivity index is 2.16. The Labute approximate surface area is 136 Å². The first kappa shape index (κ1) is 17.1. The van der Waals surface area contributed by atoms with Crippen molar-refractivity contribution in [2.24, 2.45) is 0 Å². The fraction of sp³-hybridized carbons (Fsp3) is 0.571. The maximum absolute atomic E-state index is 12.4. The van der Waals surface area contributed by atoms with Gasteiger partial charge < -0.3 is 0 Å². The molecular weight excluding hydrogens is 328 g/mol. The molecule has 0 unspecified atom stereocenters. The molecule has 1 heterocycles. The summed E-state index contributed by atoms with van der Waals surface area (Å²) in [7, 11) is -1.84. The summed E-state index contributed by atoms with van der Waals surface area (Å²) in [6, 6.07) is 5.47. The van der Waals surface area contributed by atoms with E-state index >= 15 is 0 Å². The molecule has 1 atom stereocenters. The van der Waals surface area contributed by atoms with Gasteiger partial charge in [-0.15, -0.1) is 11.8 Å². The molecule has 0 aliphatic carbocycles. The first-order valence-electron chi connectivity index (χ1n) is 7.10. The highest BCUT2D eigenvalue weighted by Crippen LogP contribution is 2.37. The standard InChI is InChI=1S/C14H21ClN2O2S2/c1-3-4-8-17(2)21(18,19)16-13-7-9-20-14-6-5-11(15)10-12(13)14/h5-6,10,13,16H,3-4,7-9H2,1-2H3/t13-/m1/s1. The van der Waals surface area contributed by atoms with E-state index in [1.807, 2.05) is 25.1 Å².